The number of fused-ring (bicyclic) bond motifs is 1. The third-order valence-electron chi connectivity index (χ3n) is 4.74. The largest absolute Gasteiger partial charge is 0.360 e. The lowest BCUT2D eigenvalue weighted by Crippen LogP contribution is -2.45. The summed E-state index contributed by atoms with van der Waals surface area (Å²) in [5, 5.41) is 0. The predicted octanol–water partition coefficient (Wildman–Crippen LogP) is 1.22. The molecule has 2 heterocycles. The molecule has 126 valence electrons. The number of benzene rings is 1. The zero-order valence-electron chi connectivity index (χ0n) is 13.2. The second kappa shape index (κ2) is 6.11. The fourth-order valence-electron chi connectivity index (χ4n) is 3.41. The maximum atomic E-state index is 14.1. The van der Waals surface area contributed by atoms with Crippen molar-refractivity contribution >= 4 is 21.4 Å². The Balaban J connectivity index is 1.72. The van der Waals surface area contributed by atoms with Crippen LogP contribution in [0.3, 0.4) is 0 Å². The molecule has 3 rings (SSSR count). The number of anilines is 1. The number of sulfone groups is 1. The number of amides is 1. The van der Waals surface area contributed by atoms with Crippen LogP contribution in [0.25, 0.3) is 0 Å². The zero-order chi connectivity index (χ0) is 16.6. The number of hydrogen-bond acceptors (Lipinski definition) is 4. The fraction of sp³-hybridized carbons (Fsp3) is 0.562. The van der Waals surface area contributed by atoms with E-state index in [4.69, 9.17) is 0 Å². The highest BCUT2D eigenvalue weighted by molar-refractivity contribution is 7.91. The van der Waals surface area contributed by atoms with Gasteiger partial charge >= 0.3 is 0 Å². The highest BCUT2D eigenvalue weighted by atomic mass is 32.2. The van der Waals surface area contributed by atoms with Gasteiger partial charge < -0.3 is 9.80 Å². The van der Waals surface area contributed by atoms with Crippen LogP contribution >= 0.6 is 0 Å². The van der Waals surface area contributed by atoms with E-state index >= 15 is 0 Å². The molecule has 2 aliphatic heterocycles. The van der Waals surface area contributed by atoms with Gasteiger partial charge in [-0.15, -0.1) is 0 Å². The second-order valence-corrected chi connectivity index (χ2v) is 8.56. The summed E-state index contributed by atoms with van der Waals surface area (Å²) in [7, 11) is -1.39. The van der Waals surface area contributed by atoms with E-state index in [9.17, 15) is 17.6 Å². The van der Waals surface area contributed by atoms with Gasteiger partial charge in [-0.2, -0.15) is 0 Å². The molecule has 1 aromatic carbocycles. The Morgan fingerprint density at radius 2 is 2.22 bits per heavy atom. The molecule has 0 saturated carbocycles. The topological polar surface area (TPSA) is 57.7 Å². The van der Waals surface area contributed by atoms with Crippen molar-refractivity contribution in [3.63, 3.8) is 0 Å². The van der Waals surface area contributed by atoms with Crippen LogP contribution in [0.4, 0.5) is 10.1 Å². The van der Waals surface area contributed by atoms with E-state index < -0.39 is 9.84 Å². The molecular formula is C16H21FN2O3S. The van der Waals surface area contributed by atoms with Crippen molar-refractivity contribution in [2.45, 2.75) is 25.3 Å². The molecule has 1 fully saturated rings. The molecule has 0 N–H and O–H groups in total. The number of aryl methyl sites for hydroxylation is 1. The standard InChI is InChI=1S/C16H21FN2O3S/c1-18(13-7-9-23(21,22)11-13)15(20)10-19-8-3-5-12-4-2-6-14(17)16(12)19/h2,4,6,13H,3,5,7-11H2,1H3/t13-/m0/s1. The van der Waals surface area contributed by atoms with Crippen LogP contribution in [0.5, 0.6) is 0 Å². The maximum Gasteiger partial charge on any atom is 0.242 e. The summed E-state index contributed by atoms with van der Waals surface area (Å²) in [6, 6.07) is 4.73. The summed E-state index contributed by atoms with van der Waals surface area (Å²) in [6.45, 7) is 0.720. The molecule has 0 bridgehead atoms. The van der Waals surface area contributed by atoms with Gasteiger partial charge in [0.1, 0.15) is 5.82 Å². The number of carbonyl (C=O) groups excluding carboxylic acids is 1. The Morgan fingerprint density at radius 3 is 2.91 bits per heavy atom. The van der Waals surface area contributed by atoms with Crippen LogP contribution in [0, 0.1) is 5.82 Å². The van der Waals surface area contributed by atoms with E-state index in [1.807, 2.05) is 6.07 Å². The van der Waals surface area contributed by atoms with E-state index in [0.717, 1.165) is 18.4 Å². The number of halogens is 1. The zero-order valence-corrected chi connectivity index (χ0v) is 14.0. The summed E-state index contributed by atoms with van der Waals surface area (Å²) < 4.78 is 37.3. The molecule has 2 aliphatic rings. The monoisotopic (exact) mass is 340 g/mol. The molecule has 1 atom stereocenters. The number of likely N-dealkylation sites (N-methyl/N-ethyl adjacent to an activating group) is 1. The summed E-state index contributed by atoms with van der Waals surface area (Å²) in [5.41, 5.74) is 1.44. The second-order valence-electron chi connectivity index (χ2n) is 6.33. The molecule has 1 saturated heterocycles. The Kier molecular flexibility index (Phi) is 4.31. The van der Waals surface area contributed by atoms with Gasteiger partial charge in [-0.1, -0.05) is 12.1 Å². The molecule has 1 amide bonds. The van der Waals surface area contributed by atoms with Gasteiger partial charge in [-0.3, -0.25) is 4.79 Å². The highest BCUT2D eigenvalue weighted by Crippen LogP contribution is 2.30. The minimum Gasteiger partial charge on any atom is -0.360 e. The Hall–Kier alpha value is -1.63. The molecule has 0 radical (unpaired) electrons. The van der Waals surface area contributed by atoms with Gasteiger partial charge in [-0.25, -0.2) is 12.8 Å². The first-order chi connectivity index (χ1) is 10.9. The van der Waals surface area contributed by atoms with Crippen LogP contribution in [-0.4, -0.2) is 56.9 Å². The van der Waals surface area contributed by atoms with Crippen LogP contribution in [0.15, 0.2) is 18.2 Å². The van der Waals surface area contributed by atoms with Crippen LogP contribution in [-0.2, 0) is 21.1 Å². The van der Waals surface area contributed by atoms with Crippen molar-refractivity contribution in [1.29, 1.82) is 0 Å². The van der Waals surface area contributed by atoms with Gasteiger partial charge in [0.2, 0.25) is 5.91 Å². The number of rotatable bonds is 3. The Labute approximate surface area is 136 Å². The van der Waals surface area contributed by atoms with Crippen molar-refractivity contribution in [3.8, 4) is 0 Å². The lowest BCUT2D eigenvalue weighted by molar-refractivity contribution is -0.130. The molecule has 7 heteroatoms. The molecule has 0 spiro atoms. The van der Waals surface area contributed by atoms with E-state index in [1.54, 1.807) is 18.0 Å². The van der Waals surface area contributed by atoms with Crippen LogP contribution < -0.4 is 4.90 Å². The number of carbonyl (C=O) groups is 1. The van der Waals surface area contributed by atoms with Crippen molar-refractivity contribution in [1.82, 2.24) is 4.90 Å². The number of hydrogen-bond donors (Lipinski definition) is 0. The molecule has 0 aliphatic carbocycles. The normalized spacial score (nSPS) is 22.7. The third kappa shape index (κ3) is 3.34. The Morgan fingerprint density at radius 1 is 1.43 bits per heavy atom. The van der Waals surface area contributed by atoms with Crippen molar-refractivity contribution in [2.24, 2.45) is 0 Å². The summed E-state index contributed by atoms with van der Waals surface area (Å²) in [4.78, 5) is 15.8. The van der Waals surface area contributed by atoms with E-state index in [0.29, 0.717) is 18.7 Å². The van der Waals surface area contributed by atoms with Crippen molar-refractivity contribution in [3.05, 3.63) is 29.6 Å². The van der Waals surface area contributed by atoms with E-state index in [-0.39, 0.29) is 35.8 Å². The minimum absolute atomic E-state index is 0.0280. The third-order valence-corrected chi connectivity index (χ3v) is 6.49. The van der Waals surface area contributed by atoms with Gasteiger partial charge in [0, 0.05) is 19.6 Å². The predicted molar refractivity (Wildman–Crippen MR) is 86.8 cm³/mol. The fourth-order valence-corrected chi connectivity index (χ4v) is 5.18. The molecule has 0 aromatic heterocycles. The lowest BCUT2D eigenvalue weighted by Gasteiger charge is -2.33. The molecule has 5 nitrogen and oxygen atoms in total. The first kappa shape index (κ1) is 16.2. The van der Waals surface area contributed by atoms with Crippen LogP contribution in [0.2, 0.25) is 0 Å². The summed E-state index contributed by atoms with van der Waals surface area (Å²) in [5.74, 6) is -0.305. The highest BCUT2D eigenvalue weighted by Gasteiger charge is 2.33. The molecule has 1 aromatic rings. The number of nitrogens with zero attached hydrogens (tertiary/aromatic N) is 2. The smallest absolute Gasteiger partial charge is 0.242 e. The van der Waals surface area contributed by atoms with Gasteiger partial charge in [-0.05, 0) is 30.9 Å². The molecule has 0 unspecified atom stereocenters. The maximum absolute atomic E-state index is 14.1. The van der Waals surface area contributed by atoms with Gasteiger partial charge in [0.25, 0.3) is 0 Å². The SMILES string of the molecule is CN(C(=O)CN1CCCc2cccc(F)c21)[C@H]1CCS(=O)(=O)C1. The van der Waals surface area contributed by atoms with Crippen LogP contribution in [0.1, 0.15) is 18.4 Å². The first-order valence-electron chi connectivity index (χ1n) is 7.86. The minimum atomic E-state index is -3.03. The number of para-hydroxylation sites is 1. The van der Waals surface area contributed by atoms with Gasteiger partial charge in [0.15, 0.2) is 9.84 Å². The van der Waals surface area contributed by atoms with E-state index in [2.05, 4.69) is 0 Å². The average molecular weight is 340 g/mol. The quantitative estimate of drug-likeness (QED) is 0.830. The van der Waals surface area contributed by atoms with Gasteiger partial charge in [0.05, 0.1) is 23.7 Å². The average Bonchev–Trinajstić information content (AvgIpc) is 2.87. The summed E-state index contributed by atoms with van der Waals surface area (Å²) in [6.07, 6.45) is 2.18. The van der Waals surface area contributed by atoms with Crippen molar-refractivity contribution in [2.75, 3.05) is 36.5 Å². The molecule has 23 heavy (non-hydrogen) atoms. The Bertz CT molecular complexity index is 720. The molecular weight excluding hydrogens is 319 g/mol. The van der Waals surface area contributed by atoms with E-state index in [1.165, 1.54) is 11.0 Å². The summed E-state index contributed by atoms with van der Waals surface area (Å²) >= 11 is 0. The lowest BCUT2D eigenvalue weighted by atomic mass is 10.0. The first-order valence-corrected chi connectivity index (χ1v) is 9.68. The van der Waals surface area contributed by atoms with Crippen molar-refractivity contribution < 1.29 is 17.6 Å².